The van der Waals surface area contributed by atoms with Gasteiger partial charge in [-0.15, -0.1) is 10.2 Å². The van der Waals surface area contributed by atoms with Crippen molar-refractivity contribution >= 4 is 51.6 Å². The minimum Gasteiger partial charge on any atom is -0.493 e. The summed E-state index contributed by atoms with van der Waals surface area (Å²) in [5.74, 6) is -0.370. The molecule has 1 N–H and O–H groups in total. The first-order valence-corrected chi connectivity index (χ1v) is 11.6. The van der Waals surface area contributed by atoms with Gasteiger partial charge >= 0.3 is 5.97 Å². The van der Waals surface area contributed by atoms with Crippen LogP contribution >= 0.6 is 22.9 Å². The molecule has 36 heavy (non-hydrogen) atoms. The average Bonchev–Trinajstić information content (AvgIpc) is 3.37. The first kappa shape index (κ1) is 24.6. The summed E-state index contributed by atoms with van der Waals surface area (Å²) in [5, 5.41) is 21.4. The number of carbonyl (C=O) groups is 2. The number of methoxy groups -OCH3 is 1. The molecule has 3 aromatic carbocycles. The van der Waals surface area contributed by atoms with E-state index in [0.717, 1.165) is 11.3 Å². The van der Waals surface area contributed by atoms with Crippen LogP contribution in [0.15, 0.2) is 72.8 Å². The van der Waals surface area contributed by atoms with E-state index in [-0.39, 0.29) is 22.4 Å². The van der Waals surface area contributed by atoms with E-state index >= 15 is 0 Å². The van der Waals surface area contributed by atoms with Crippen molar-refractivity contribution < 1.29 is 19.1 Å². The third-order valence-corrected chi connectivity index (χ3v) is 5.94. The van der Waals surface area contributed by atoms with Gasteiger partial charge in [-0.05, 0) is 60.2 Å². The molecular formula is C26H17ClN4O4S. The Balaban J connectivity index is 1.51. The molecule has 4 aromatic rings. The Morgan fingerprint density at radius 1 is 1.00 bits per heavy atom. The van der Waals surface area contributed by atoms with Gasteiger partial charge in [0.1, 0.15) is 6.07 Å². The number of aromatic nitrogens is 2. The quantitative estimate of drug-likeness (QED) is 0.189. The Morgan fingerprint density at radius 3 is 2.44 bits per heavy atom. The Bertz CT molecular complexity index is 1480. The lowest BCUT2D eigenvalue weighted by molar-refractivity contribution is 0.0729. The average molecular weight is 517 g/mol. The third-order valence-electron chi connectivity index (χ3n) is 4.81. The molecule has 0 aliphatic carbocycles. The van der Waals surface area contributed by atoms with Crippen LogP contribution < -0.4 is 14.8 Å². The van der Waals surface area contributed by atoms with E-state index in [2.05, 4.69) is 21.6 Å². The van der Waals surface area contributed by atoms with Gasteiger partial charge in [0.25, 0.3) is 5.91 Å². The Morgan fingerprint density at radius 2 is 1.75 bits per heavy atom. The lowest BCUT2D eigenvalue weighted by atomic mass is 10.1. The Kier molecular flexibility index (Phi) is 7.70. The molecule has 1 amide bonds. The fraction of sp³-hybridized carbons (Fsp3) is 0.0385. The van der Waals surface area contributed by atoms with E-state index in [1.165, 1.54) is 7.11 Å². The second kappa shape index (κ2) is 11.3. The van der Waals surface area contributed by atoms with E-state index in [9.17, 15) is 14.9 Å². The molecule has 0 saturated carbocycles. The molecule has 0 bridgehead atoms. The first-order valence-electron chi connectivity index (χ1n) is 10.4. The van der Waals surface area contributed by atoms with Gasteiger partial charge < -0.3 is 9.47 Å². The topological polar surface area (TPSA) is 114 Å². The monoisotopic (exact) mass is 516 g/mol. The predicted molar refractivity (Wildman–Crippen MR) is 137 cm³/mol. The number of nitrogens with one attached hydrogen (secondary N) is 1. The van der Waals surface area contributed by atoms with Crippen molar-refractivity contribution in [2.45, 2.75) is 0 Å². The molecule has 1 aromatic heterocycles. The molecule has 1 heterocycles. The van der Waals surface area contributed by atoms with Crippen LogP contribution in [0.3, 0.4) is 0 Å². The number of ether oxygens (including phenoxy) is 2. The van der Waals surface area contributed by atoms with Gasteiger partial charge in [-0.2, -0.15) is 5.26 Å². The number of halogens is 1. The predicted octanol–water partition coefficient (Wildman–Crippen LogP) is 5.74. The van der Waals surface area contributed by atoms with Crippen LogP contribution in [0, 0.1) is 11.3 Å². The fourth-order valence-electron chi connectivity index (χ4n) is 3.05. The van der Waals surface area contributed by atoms with Crippen LogP contribution in [0.5, 0.6) is 11.5 Å². The van der Waals surface area contributed by atoms with E-state index in [1.54, 1.807) is 72.8 Å². The highest BCUT2D eigenvalue weighted by molar-refractivity contribution is 7.16. The smallest absolute Gasteiger partial charge is 0.343 e. The number of nitrogens with zero attached hydrogens (tertiary/aromatic N) is 3. The number of hydrogen-bond acceptors (Lipinski definition) is 8. The molecule has 0 saturated heterocycles. The highest BCUT2D eigenvalue weighted by atomic mass is 35.5. The van der Waals surface area contributed by atoms with Gasteiger partial charge in [-0.3, -0.25) is 10.1 Å². The summed E-state index contributed by atoms with van der Waals surface area (Å²) < 4.78 is 10.8. The number of benzene rings is 3. The summed E-state index contributed by atoms with van der Waals surface area (Å²) >= 11 is 6.93. The zero-order valence-corrected chi connectivity index (χ0v) is 20.3. The molecular weight excluding hydrogens is 500 g/mol. The summed E-state index contributed by atoms with van der Waals surface area (Å²) in [6.45, 7) is 0. The number of rotatable bonds is 7. The number of amides is 1. The highest BCUT2D eigenvalue weighted by Gasteiger charge is 2.15. The number of allylic oxidation sites excluding steroid dienone is 1. The van der Waals surface area contributed by atoms with Crippen LogP contribution in [0.2, 0.25) is 5.02 Å². The van der Waals surface area contributed by atoms with Gasteiger partial charge in [-0.1, -0.05) is 47.2 Å². The second-order valence-corrected chi connectivity index (χ2v) is 8.62. The summed E-state index contributed by atoms with van der Waals surface area (Å²) in [6.07, 6.45) is 1.59. The third kappa shape index (κ3) is 5.93. The molecule has 178 valence electrons. The number of nitriles is 1. The summed E-state index contributed by atoms with van der Waals surface area (Å²) in [4.78, 5) is 24.8. The molecule has 10 heteroatoms. The lowest BCUT2D eigenvalue weighted by Gasteiger charge is -2.10. The zero-order chi connectivity index (χ0) is 25.5. The normalized spacial score (nSPS) is 10.9. The van der Waals surface area contributed by atoms with E-state index in [1.807, 2.05) is 6.07 Å². The summed E-state index contributed by atoms with van der Waals surface area (Å²) in [5.41, 5.74) is 1.67. The number of carbonyl (C=O) groups excluding carboxylic acids is 2. The summed E-state index contributed by atoms with van der Waals surface area (Å²) in [6, 6.07) is 22.0. The van der Waals surface area contributed by atoms with Crippen molar-refractivity contribution in [3.05, 3.63) is 99.5 Å². The molecule has 0 spiro atoms. The van der Waals surface area contributed by atoms with Gasteiger partial charge in [-0.25, -0.2) is 4.79 Å². The zero-order valence-electron chi connectivity index (χ0n) is 18.8. The van der Waals surface area contributed by atoms with Crippen LogP contribution in [0.25, 0.3) is 11.6 Å². The van der Waals surface area contributed by atoms with Crippen molar-refractivity contribution in [1.29, 1.82) is 5.26 Å². The van der Waals surface area contributed by atoms with Crippen LogP contribution in [-0.4, -0.2) is 29.2 Å². The van der Waals surface area contributed by atoms with Crippen molar-refractivity contribution in [2.75, 3.05) is 12.4 Å². The molecule has 0 aliphatic heterocycles. The maximum atomic E-state index is 12.4. The molecule has 0 unspecified atom stereocenters. The number of esters is 1. The van der Waals surface area contributed by atoms with Crippen molar-refractivity contribution in [3.63, 3.8) is 0 Å². The van der Waals surface area contributed by atoms with Crippen LogP contribution in [0.4, 0.5) is 5.13 Å². The van der Waals surface area contributed by atoms with Gasteiger partial charge in [0.15, 0.2) is 16.5 Å². The Hall–Kier alpha value is -4.52. The molecule has 8 nitrogen and oxygen atoms in total. The van der Waals surface area contributed by atoms with Crippen molar-refractivity contribution in [3.8, 4) is 17.6 Å². The molecule has 0 radical (unpaired) electrons. The highest BCUT2D eigenvalue weighted by Crippen LogP contribution is 2.31. The SMILES string of the molecule is COc1cc(C=C(C#N)c2nnc(NC(=O)c3ccccc3)s2)ccc1OC(=O)c1ccc(Cl)cc1. The van der Waals surface area contributed by atoms with Gasteiger partial charge in [0.05, 0.1) is 18.2 Å². The Labute approximate surface area is 215 Å². The number of anilines is 1. The van der Waals surface area contributed by atoms with Crippen LogP contribution in [0.1, 0.15) is 31.3 Å². The van der Waals surface area contributed by atoms with Crippen LogP contribution in [-0.2, 0) is 0 Å². The van der Waals surface area contributed by atoms with E-state index in [0.29, 0.717) is 32.5 Å². The largest absolute Gasteiger partial charge is 0.493 e. The number of hydrogen-bond donors (Lipinski definition) is 1. The first-order chi connectivity index (χ1) is 17.5. The fourth-order valence-corrected chi connectivity index (χ4v) is 3.88. The summed E-state index contributed by atoms with van der Waals surface area (Å²) in [7, 11) is 1.44. The molecule has 0 atom stereocenters. The van der Waals surface area contributed by atoms with Gasteiger partial charge in [0, 0.05) is 10.6 Å². The van der Waals surface area contributed by atoms with E-state index in [4.69, 9.17) is 21.1 Å². The van der Waals surface area contributed by atoms with E-state index < -0.39 is 5.97 Å². The lowest BCUT2D eigenvalue weighted by Crippen LogP contribution is -2.11. The maximum Gasteiger partial charge on any atom is 0.343 e. The second-order valence-electron chi connectivity index (χ2n) is 7.21. The van der Waals surface area contributed by atoms with Gasteiger partial charge in [0.2, 0.25) is 5.13 Å². The minimum absolute atomic E-state index is 0.218. The maximum absolute atomic E-state index is 12.4. The van der Waals surface area contributed by atoms with Crippen molar-refractivity contribution in [2.24, 2.45) is 0 Å². The molecule has 4 rings (SSSR count). The molecule has 0 fully saturated rings. The van der Waals surface area contributed by atoms with Crippen molar-refractivity contribution in [1.82, 2.24) is 10.2 Å². The standard InChI is InChI=1S/C26H17ClN4O4S/c1-34-22-14-16(7-12-21(22)35-25(33)18-8-10-20(27)11-9-18)13-19(15-28)24-30-31-26(36-24)29-23(32)17-5-3-2-4-6-17/h2-14H,1H3,(H,29,31,32). The molecule has 0 aliphatic rings. The minimum atomic E-state index is -0.565.